The molecule has 2 aromatic carbocycles. The molecule has 0 bridgehead atoms. The quantitative estimate of drug-likeness (QED) is 0.335. The van der Waals surface area contributed by atoms with Crippen LogP contribution in [0.25, 0.3) is 21.5 Å². The van der Waals surface area contributed by atoms with Crippen LogP contribution in [0.3, 0.4) is 0 Å². The van der Waals surface area contributed by atoms with E-state index in [2.05, 4.69) is 11.9 Å². The molecule has 6 nitrogen and oxygen atoms in total. The minimum absolute atomic E-state index is 0.0496. The number of nitrogens with zero attached hydrogens (tertiary/aromatic N) is 2. The van der Waals surface area contributed by atoms with E-state index in [0.717, 1.165) is 50.7 Å². The molecule has 4 aromatic rings. The standard InChI is InChI=1S/C25H26N2O4S/c1-16-14-27(15-24(28)29)23-10-9-21(13-22(16)23)31-12-4-11-30-20-7-5-19(6-8-20)25-26-17(2)18(3)32-25/h5-10,13-14H,4,11-12,15H2,1-3H3,(H,28,29). The SMILES string of the molecule is Cc1nc(-c2ccc(OCCCOc3ccc4c(c3)c(C)cn4CC(=O)O)cc2)sc1C. The summed E-state index contributed by atoms with van der Waals surface area (Å²) in [6.07, 6.45) is 2.61. The number of benzene rings is 2. The van der Waals surface area contributed by atoms with E-state index in [1.165, 1.54) is 4.88 Å². The van der Waals surface area contributed by atoms with E-state index in [9.17, 15) is 4.79 Å². The van der Waals surface area contributed by atoms with Crippen molar-refractivity contribution in [1.82, 2.24) is 9.55 Å². The first-order valence-electron chi connectivity index (χ1n) is 10.5. The maximum atomic E-state index is 11.0. The molecule has 1 N–H and O–H groups in total. The molecule has 0 aliphatic heterocycles. The van der Waals surface area contributed by atoms with E-state index in [1.54, 1.807) is 15.9 Å². The van der Waals surface area contributed by atoms with Crippen molar-refractivity contribution < 1.29 is 19.4 Å². The second-order valence-corrected chi connectivity index (χ2v) is 8.95. The Morgan fingerprint density at radius 1 is 1.03 bits per heavy atom. The lowest BCUT2D eigenvalue weighted by atomic mass is 10.2. The van der Waals surface area contributed by atoms with Gasteiger partial charge in [-0.05, 0) is 68.8 Å². The van der Waals surface area contributed by atoms with Crippen molar-refractivity contribution in [1.29, 1.82) is 0 Å². The molecule has 32 heavy (non-hydrogen) atoms. The zero-order valence-electron chi connectivity index (χ0n) is 18.4. The molecule has 0 aliphatic carbocycles. The highest BCUT2D eigenvalue weighted by atomic mass is 32.1. The molecule has 0 saturated heterocycles. The number of ether oxygens (including phenoxy) is 2. The second kappa shape index (κ2) is 9.44. The van der Waals surface area contributed by atoms with Crippen LogP contribution in [0.1, 0.15) is 22.6 Å². The number of thiazole rings is 1. The van der Waals surface area contributed by atoms with Gasteiger partial charge in [0.25, 0.3) is 0 Å². The van der Waals surface area contributed by atoms with Gasteiger partial charge in [0.2, 0.25) is 0 Å². The van der Waals surface area contributed by atoms with Crippen LogP contribution in [0, 0.1) is 20.8 Å². The summed E-state index contributed by atoms with van der Waals surface area (Å²) in [5.41, 5.74) is 4.11. The highest BCUT2D eigenvalue weighted by Crippen LogP contribution is 2.29. The van der Waals surface area contributed by atoms with Gasteiger partial charge < -0.3 is 19.1 Å². The lowest BCUT2D eigenvalue weighted by Gasteiger charge is -2.09. The smallest absolute Gasteiger partial charge is 0.323 e. The van der Waals surface area contributed by atoms with E-state index in [-0.39, 0.29) is 6.54 Å². The molecule has 0 saturated carbocycles. The van der Waals surface area contributed by atoms with E-state index >= 15 is 0 Å². The monoisotopic (exact) mass is 450 g/mol. The van der Waals surface area contributed by atoms with Gasteiger partial charge in [0.05, 0.1) is 18.9 Å². The lowest BCUT2D eigenvalue weighted by Crippen LogP contribution is -2.07. The minimum atomic E-state index is -0.856. The van der Waals surface area contributed by atoms with Gasteiger partial charge in [-0.15, -0.1) is 11.3 Å². The Morgan fingerprint density at radius 3 is 2.38 bits per heavy atom. The first-order chi connectivity index (χ1) is 15.4. The second-order valence-electron chi connectivity index (χ2n) is 7.75. The number of carbonyl (C=O) groups is 1. The van der Waals surface area contributed by atoms with Crippen molar-refractivity contribution in [3.8, 4) is 22.1 Å². The number of aryl methyl sites for hydroxylation is 3. The highest BCUT2D eigenvalue weighted by Gasteiger charge is 2.10. The maximum absolute atomic E-state index is 11.0. The summed E-state index contributed by atoms with van der Waals surface area (Å²) in [6.45, 7) is 7.14. The largest absolute Gasteiger partial charge is 0.493 e. The fraction of sp³-hybridized carbons (Fsp3) is 0.280. The van der Waals surface area contributed by atoms with Crippen LogP contribution >= 0.6 is 11.3 Å². The number of carboxylic acid groups (broad SMARTS) is 1. The average Bonchev–Trinajstić information content (AvgIpc) is 3.26. The Labute approximate surface area is 191 Å². The summed E-state index contributed by atoms with van der Waals surface area (Å²) < 4.78 is 13.5. The normalized spacial score (nSPS) is 11.1. The fourth-order valence-electron chi connectivity index (χ4n) is 3.55. The van der Waals surface area contributed by atoms with Crippen LogP contribution < -0.4 is 9.47 Å². The topological polar surface area (TPSA) is 73.6 Å². The molecule has 7 heteroatoms. The zero-order valence-corrected chi connectivity index (χ0v) is 19.2. The number of fused-ring (bicyclic) bond motifs is 1. The molecule has 0 atom stereocenters. The van der Waals surface area contributed by atoms with E-state index in [4.69, 9.17) is 14.6 Å². The molecule has 166 valence electrons. The molecular weight excluding hydrogens is 424 g/mol. The number of aromatic nitrogens is 2. The summed E-state index contributed by atoms with van der Waals surface area (Å²) in [7, 11) is 0. The molecule has 0 spiro atoms. The summed E-state index contributed by atoms with van der Waals surface area (Å²) in [4.78, 5) is 16.9. The Kier molecular flexibility index (Phi) is 6.46. The van der Waals surface area contributed by atoms with Crippen LogP contribution in [0.2, 0.25) is 0 Å². The Bertz CT molecular complexity index is 1220. The molecule has 0 unspecified atom stereocenters. The number of carboxylic acids is 1. The first kappa shape index (κ1) is 21.9. The lowest BCUT2D eigenvalue weighted by molar-refractivity contribution is -0.137. The minimum Gasteiger partial charge on any atom is -0.493 e. The predicted molar refractivity (Wildman–Crippen MR) is 127 cm³/mol. The molecule has 4 rings (SSSR count). The summed E-state index contributed by atoms with van der Waals surface area (Å²) >= 11 is 1.70. The van der Waals surface area contributed by atoms with Crippen molar-refractivity contribution in [3.63, 3.8) is 0 Å². The van der Waals surface area contributed by atoms with Gasteiger partial charge in [-0.1, -0.05) is 0 Å². The van der Waals surface area contributed by atoms with Gasteiger partial charge in [0.1, 0.15) is 23.1 Å². The Hall–Kier alpha value is -3.32. The van der Waals surface area contributed by atoms with Gasteiger partial charge >= 0.3 is 5.97 Å². The number of hydrogen-bond donors (Lipinski definition) is 1. The summed E-state index contributed by atoms with van der Waals surface area (Å²) in [5.74, 6) is 0.743. The van der Waals surface area contributed by atoms with Gasteiger partial charge in [-0.3, -0.25) is 4.79 Å². The van der Waals surface area contributed by atoms with E-state index < -0.39 is 5.97 Å². The van der Waals surface area contributed by atoms with Crippen LogP contribution in [0.4, 0.5) is 0 Å². The molecule has 0 radical (unpaired) electrons. The maximum Gasteiger partial charge on any atom is 0.323 e. The summed E-state index contributed by atoms with van der Waals surface area (Å²) in [5, 5.41) is 11.1. The third-order valence-corrected chi connectivity index (χ3v) is 6.44. The molecule has 2 aromatic heterocycles. The molecule has 0 fully saturated rings. The van der Waals surface area contributed by atoms with Crippen molar-refractivity contribution in [3.05, 3.63) is 64.8 Å². The molecule has 0 amide bonds. The van der Waals surface area contributed by atoms with Gasteiger partial charge in [0, 0.05) is 34.0 Å². The zero-order chi connectivity index (χ0) is 22.7. The Morgan fingerprint density at radius 2 is 1.72 bits per heavy atom. The van der Waals surface area contributed by atoms with Crippen LogP contribution in [-0.4, -0.2) is 33.8 Å². The number of rotatable bonds is 9. The molecular formula is C25H26N2O4S. The van der Waals surface area contributed by atoms with Gasteiger partial charge in [-0.2, -0.15) is 0 Å². The van der Waals surface area contributed by atoms with Crippen LogP contribution in [0.5, 0.6) is 11.5 Å². The molecule has 2 heterocycles. The number of aliphatic carboxylic acids is 1. The van der Waals surface area contributed by atoms with E-state index in [1.807, 2.05) is 62.5 Å². The van der Waals surface area contributed by atoms with Crippen molar-refractivity contribution in [2.24, 2.45) is 0 Å². The molecule has 0 aliphatic rings. The average molecular weight is 451 g/mol. The van der Waals surface area contributed by atoms with Crippen molar-refractivity contribution >= 4 is 28.2 Å². The van der Waals surface area contributed by atoms with Crippen molar-refractivity contribution in [2.75, 3.05) is 13.2 Å². The fourth-order valence-corrected chi connectivity index (χ4v) is 4.47. The third kappa shape index (κ3) is 4.94. The number of hydrogen-bond acceptors (Lipinski definition) is 5. The predicted octanol–water partition coefficient (Wildman–Crippen LogP) is 5.62. The summed E-state index contributed by atoms with van der Waals surface area (Å²) in [6, 6.07) is 13.8. The third-order valence-electron chi connectivity index (χ3n) is 5.31. The van der Waals surface area contributed by atoms with E-state index in [0.29, 0.717) is 13.2 Å². The highest BCUT2D eigenvalue weighted by molar-refractivity contribution is 7.15. The van der Waals surface area contributed by atoms with Gasteiger partial charge in [-0.25, -0.2) is 4.98 Å². The van der Waals surface area contributed by atoms with Crippen LogP contribution in [0.15, 0.2) is 48.7 Å². The van der Waals surface area contributed by atoms with Crippen LogP contribution in [-0.2, 0) is 11.3 Å². The first-order valence-corrected chi connectivity index (χ1v) is 11.3. The van der Waals surface area contributed by atoms with Crippen molar-refractivity contribution in [2.45, 2.75) is 33.7 Å². The van der Waals surface area contributed by atoms with Gasteiger partial charge in [0.15, 0.2) is 0 Å². The Balaban J connectivity index is 1.27.